The van der Waals surface area contributed by atoms with E-state index in [1.807, 2.05) is 0 Å². The van der Waals surface area contributed by atoms with E-state index in [1.165, 1.54) is 11.1 Å². The first-order valence-electron chi connectivity index (χ1n) is 5.34. The van der Waals surface area contributed by atoms with Crippen LogP contribution in [0.2, 0.25) is 0 Å². The second-order valence-corrected chi connectivity index (χ2v) is 3.54. The lowest BCUT2D eigenvalue weighted by molar-refractivity contribution is 0.194. The minimum Gasteiger partial charge on any atom is -0.385 e. The van der Waals surface area contributed by atoms with Crippen LogP contribution in [-0.4, -0.2) is 20.3 Å². The fourth-order valence-electron chi connectivity index (χ4n) is 1.37. The van der Waals surface area contributed by atoms with Crippen LogP contribution < -0.4 is 11.1 Å². The van der Waals surface area contributed by atoms with Gasteiger partial charge in [-0.2, -0.15) is 0 Å². The summed E-state index contributed by atoms with van der Waals surface area (Å²) in [4.78, 5) is 0. The average molecular weight is 208 g/mol. The van der Waals surface area contributed by atoms with Crippen molar-refractivity contribution in [3.05, 3.63) is 35.4 Å². The van der Waals surface area contributed by atoms with Crippen LogP contribution >= 0.6 is 0 Å². The zero-order valence-corrected chi connectivity index (χ0v) is 9.33. The molecule has 3 heteroatoms. The van der Waals surface area contributed by atoms with Crippen LogP contribution in [0.1, 0.15) is 17.5 Å². The fourth-order valence-corrected chi connectivity index (χ4v) is 1.37. The van der Waals surface area contributed by atoms with Crippen molar-refractivity contribution >= 4 is 0 Å². The Morgan fingerprint density at radius 3 is 2.47 bits per heavy atom. The topological polar surface area (TPSA) is 47.3 Å². The number of ether oxygens (including phenoxy) is 1. The van der Waals surface area contributed by atoms with Gasteiger partial charge in [0.05, 0.1) is 0 Å². The molecule has 1 aromatic carbocycles. The Balaban J connectivity index is 2.20. The number of nitrogens with one attached hydrogen (secondary N) is 1. The zero-order valence-electron chi connectivity index (χ0n) is 9.33. The van der Waals surface area contributed by atoms with Crippen molar-refractivity contribution in [1.82, 2.24) is 5.32 Å². The Hall–Kier alpha value is -0.900. The van der Waals surface area contributed by atoms with Crippen molar-refractivity contribution in [2.24, 2.45) is 5.73 Å². The molecule has 1 aromatic rings. The molecule has 0 aliphatic heterocycles. The summed E-state index contributed by atoms with van der Waals surface area (Å²) in [6.07, 6.45) is 1.05. The molecule has 0 atom stereocenters. The third kappa shape index (κ3) is 4.93. The monoisotopic (exact) mass is 208 g/mol. The summed E-state index contributed by atoms with van der Waals surface area (Å²) in [5.74, 6) is 0. The second kappa shape index (κ2) is 7.40. The maximum atomic E-state index is 5.53. The van der Waals surface area contributed by atoms with Crippen molar-refractivity contribution in [3.8, 4) is 0 Å². The summed E-state index contributed by atoms with van der Waals surface area (Å²) in [6.45, 7) is 3.34. The van der Waals surface area contributed by atoms with Gasteiger partial charge in [0.25, 0.3) is 0 Å². The lowest BCUT2D eigenvalue weighted by Gasteiger charge is -2.05. The second-order valence-electron chi connectivity index (χ2n) is 3.54. The highest BCUT2D eigenvalue weighted by Gasteiger charge is 1.93. The molecule has 0 saturated heterocycles. The molecule has 0 aromatic heterocycles. The van der Waals surface area contributed by atoms with Gasteiger partial charge >= 0.3 is 0 Å². The Kier molecular flexibility index (Phi) is 6.00. The molecule has 0 unspecified atom stereocenters. The number of benzene rings is 1. The summed E-state index contributed by atoms with van der Waals surface area (Å²) in [7, 11) is 1.73. The molecular weight excluding hydrogens is 188 g/mol. The number of methoxy groups -OCH3 is 1. The standard InChI is InChI=1S/C12H20N2O/c1-15-8-2-7-14-10-12-5-3-11(9-13)4-6-12/h3-6,14H,2,7-10,13H2,1H3. The highest BCUT2D eigenvalue weighted by Crippen LogP contribution is 2.03. The van der Waals surface area contributed by atoms with E-state index in [1.54, 1.807) is 7.11 Å². The molecule has 0 spiro atoms. The maximum absolute atomic E-state index is 5.53. The number of nitrogens with two attached hydrogens (primary N) is 1. The van der Waals surface area contributed by atoms with Crippen molar-refractivity contribution in [1.29, 1.82) is 0 Å². The van der Waals surface area contributed by atoms with Crippen LogP contribution in [-0.2, 0) is 17.8 Å². The van der Waals surface area contributed by atoms with Crippen LogP contribution in [0.3, 0.4) is 0 Å². The highest BCUT2D eigenvalue weighted by atomic mass is 16.5. The Morgan fingerprint density at radius 1 is 1.20 bits per heavy atom. The van der Waals surface area contributed by atoms with Crippen LogP contribution in [0.15, 0.2) is 24.3 Å². The molecule has 1 rings (SSSR count). The van der Waals surface area contributed by atoms with E-state index >= 15 is 0 Å². The molecule has 0 radical (unpaired) electrons. The fraction of sp³-hybridized carbons (Fsp3) is 0.500. The molecule has 3 nitrogen and oxygen atoms in total. The first-order valence-corrected chi connectivity index (χ1v) is 5.34. The van der Waals surface area contributed by atoms with Gasteiger partial charge in [-0.15, -0.1) is 0 Å². The summed E-state index contributed by atoms with van der Waals surface area (Å²) in [6, 6.07) is 8.38. The first kappa shape index (κ1) is 12.2. The van der Waals surface area contributed by atoms with Crippen molar-refractivity contribution in [3.63, 3.8) is 0 Å². The maximum Gasteiger partial charge on any atom is 0.0474 e. The van der Waals surface area contributed by atoms with Crippen LogP contribution in [0.25, 0.3) is 0 Å². The quantitative estimate of drug-likeness (QED) is 0.663. The first-order chi connectivity index (χ1) is 7.36. The van der Waals surface area contributed by atoms with Crippen molar-refractivity contribution < 1.29 is 4.74 Å². The summed E-state index contributed by atoms with van der Waals surface area (Å²) >= 11 is 0. The molecule has 0 bridgehead atoms. The minimum atomic E-state index is 0.613. The molecule has 0 fully saturated rings. The highest BCUT2D eigenvalue weighted by molar-refractivity contribution is 5.22. The molecule has 15 heavy (non-hydrogen) atoms. The SMILES string of the molecule is COCCCNCc1ccc(CN)cc1. The van der Waals surface area contributed by atoms with Gasteiger partial charge in [-0.3, -0.25) is 0 Å². The average Bonchev–Trinajstić information content (AvgIpc) is 2.30. The molecular formula is C12H20N2O. The molecule has 0 aliphatic carbocycles. The molecule has 3 N–H and O–H groups in total. The van der Waals surface area contributed by atoms with E-state index in [4.69, 9.17) is 10.5 Å². The number of hydrogen-bond donors (Lipinski definition) is 2. The van der Waals surface area contributed by atoms with Gasteiger partial charge in [0, 0.05) is 26.8 Å². The Bertz CT molecular complexity index is 259. The number of hydrogen-bond acceptors (Lipinski definition) is 3. The van der Waals surface area contributed by atoms with E-state index < -0.39 is 0 Å². The summed E-state index contributed by atoms with van der Waals surface area (Å²) in [5.41, 5.74) is 8.00. The zero-order chi connectivity index (χ0) is 10.9. The normalized spacial score (nSPS) is 10.5. The van der Waals surface area contributed by atoms with Gasteiger partial charge < -0.3 is 15.8 Å². The van der Waals surface area contributed by atoms with Crippen molar-refractivity contribution in [2.75, 3.05) is 20.3 Å². The summed E-state index contributed by atoms with van der Waals surface area (Å²) < 4.78 is 4.97. The van der Waals surface area contributed by atoms with Gasteiger partial charge in [-0.05, 0) is 24.1 Å². The van der Waals surface area contributed by atoms with Gasteiger partial charge in [-0.25, -0.2) is 0 Å². The van der Waals surface area contributed by atoms with Crippen molar-refractivity contribution in [2.45, 2.75) is 19.5 Å². The predicted molar refractivity (Wildman–Crippen MR) is 62.5 cm³/mol. The van der Waals surface area contributed by atoms with Gasteiger partial charge in [0.15, 0.2) is 0 Å². The largest absolute Gasteiger partial charge is 0.385 e. The van der Waals surface area contributed by atoms with E-state index in [0.717, 1.165) is 26.1 Å². The molecule has 84 valence electrons. The Labute approximate surface area is 91.6 Å². The third-order valence-electron chi connectivity index (χ3n) is 2.29. The summed E-state index contributed by atoms with van der Waals surface area (Å²) in [5, 5.41) is 3.36. The van der Waals surface area contributed by atoms with E-state index in [0.29, 0.717) is 6.54 Å². The van der Waals surface area contributed by atoms with Gasteiger partial charge in [0.2, 0.25) is 0 Å². The minimum absolute atomic E-state index is 0.613. The van der Waals surface area contributed by atoms with Gasteiger partial charge in [0.1, 0.15) is 0 Å². The van der Waals surface area contributed by atoms with Crippen LogP contribution in [0.5, 0.6) is 0 Å². The number of rotatable bonds is 7. The molecule has 0 saturated carbocycles. The van der Waals surface area contributed by atoms with Gasteiger partial charge in [-0.1, -0.05) is 24.3 Å². The molecule has 0 amide bonds. The predicted octanol–water partition coefficient (Wildman–Crippen LogP) is 1.27. The molecule has 0 aliphatic rings. The smallest absolute Gasteiger partial charge is 0.0474 e. The van der Waals surface area contributed by atoms with Crippen LogP contribution in [0, 0.1) is 0 Å². The van der Waals surface area contributed by atoms with E-state index in [2.05, 4.69) is 29.6 Å². The third-order valence-corrected chi connectivity index (χ3v) is 2.29. The lowest BCUT2D eigenvalue weighted by atomic mass is 10.1. The van der Waals surface area contributed by atoms with E-state index in [-0.39, 0.29) is 0 Å². The Morgan fingerprint density at radius 2 is 1.87 bits per heavy atom. The van der Waals surface area contributed by atoms with E-state index in [9.17, 15) is 0 Å². The lowest BCUT2D eigenvalue weighted by Crippen LogP contribution is -2.16. The van der Waals surface area contributed by atoms with Crippen LogP contribution in [0.4, 0.5) is 0 Å². The molecule has 0 heterocycles.